The van der Waals surface area contributed by atoms with Crippen molar-refractivity contribution in [1.29, 1.82) is 0 Å². The lowest BCUT2D eigenvalue weighted by atomic mass is 10.1. The Morgan fingerprint density at radius 1 is 1.42 bits per heavy atom. The minimum Gasteiger partial charge on any atom is -0.353 e. The van der Waals surface area contributed by atoms with Crippen molar-refractivity contribution in [3.05, 3.63) is 35.4 Å². The zero-order valence-corrected chi connectivity index (χ0v) is 11.6. The molecule has 0 bridgehead atoms. The largest absolute Gasteiger partial charge is 0.353 e. The molecule has 4 nitrogen and oxygen atoms in total. The molecule has 1 aliphatic heterocycles. The molecular weight excluding hydrogens is 264 g/mol. The van der Waals surface area contributed by atoms with Gasteiger partial charge in [-0.1, -0.05) is 19.1 Å². The number of benzene rings is 1. The van der Waals surface area contributed by atoms with Crippen LogP contribution in [0.3, 0.4) is 0 Å². The van der Waals surface area contributed by atoms with Crippen LogP contribution in [-0.4, -0.2) is 35.8 Å². The number of halogens is 1. The van der Waals surface area contributed by atoms with Gasteiger partial charge in [-0.05, 0) is 24.1 Å². The first-order chi connectivity index (χ1) is 9.17. The van der Waals surface area contributed by atoms with E-state index in [1.165, 1.54) is 0 Å². The van der Waals surface area contributed by atoms with Crippen LogP contribution in [0.4, 0.5) is 0 Å². The molecule has 1 aliphatic rings. The molecule has 1 saturated heterocycles. The van der Waals surface area contributed by atoms with E-state index in [1.807, 2.05) is 19.1 Å². The van der Waals surface area contributed by atoms with Gasteiger partial charge in [-0.2, -0.15) is 0 Å². The molecule has 2 amide bonds. The van der Waals surface area contributed by atoms with Crippen molar-refractivity contribution in [1.82, 2.24) is 10.2 Å². The van der Waals surface area contributed by atoms with E-state index in [0.29, 0.717) is 31.0 Å². The van der Waals surface area contributed by atoms with Crippen molar-refractivity contribution in [2.45, 2.75) is 25.3 Å². The van der Waals surface area contributed by atoms with Crippen molar-refractivity contribution in [3.8, 4) is 0 Å². The van der Waals surface area contributed by atoms with E-state index in [9.17, 15) is 9.59 Å². The highest BCUT2D eigenvalue weighted by Crippen LogP contribution is 2.15. The predicted molar refractivity (Wildman–Crippen MR) is 74.1 cm³/mol. The van der Waals surface area contributed by atoms with E-state index < -0.39 is 0 Å². The third kappa shape index (κ3) is 2.89. The standard InChI is InChI=1S/C14H17ClN2O2/c1-2-12-13(18)16-7-8-17(12)14(19)11-5-3-10(9-15)4-6-11/h3-6,12H,2,7-9H2,1H3,(H,16,18). The Hall–Kier alpha value is -1.55. The summed E-state index contributed by atoms with van der Waals surface area (Å²) in [5, 5.41) is 2.79. The topological polar surface area (TPSA) is 49.4 Å². The highest BCUT2D eigenvalue weighted by molar-refractivity contribution is 6.17. The number of carbonyl (C=O) groups is 2. The monoisotopic (exact) mass is 280 g/mol. The van der Waals surface area contributed by atoms with Crippen LogP contribution < -0.4 is 5.32 Å². The van der Waals surface area contributed by atoms with Gasteiger partial charge in [-0.15, -0.1) is 11.6 Å². The van der Waals surface area contributed by atoms with E-state index in [2.05, 4.69) is 5.32 Å². The molecule has 102 valence electrons. The molecule has 1 fully saturated rings. The number of amides is 2. The fourth-order valence-corrected chi connectivity index (χ4v) is 2.44. The normalized spacial score (nSPS) is 19.2. The van der Waals surface area contributed by atoms with Gasteiger partial charge in [0.05, 0.1) is 0 Å². The Kier molecular flexibility index (Phi) is 4.43. The highest BCUT2D eigenvalue weighted by Gasteiger charge is 2.31. The van der Waals surface area contributed by atoms with Crippen molar-refractivity contribution < 1.29 is 9.59 Å². The summed E-state index contributed by atoms with van der Waals surface area (Å²) in [5.74, 6) is 0.264. The Labute approximate surface area is 117 Å². The van der Waals surface area contributed by atoms with Gasteiger partial charge < -0.3 is 10.2 Å². The SMILES string of the molecule is CCC1C(=O)NCCN1C(=O)c1ccc(CCl)cc1. The highest BCUT2D eigenvalue weighted by atomic mass is 35.5. The summed E-state index contributed by atoms with van der Waals surface area (Å²) in [6, 6.07) is 6.84. The molecule has 2 rings (SSSR count). The van der Waals surface area contributed by atoms with Gasteiger partial charge in [0.25, 0.3) is 5.91 Å². The van der Waals surface area contributed by atoms with Gasteiger partial charge in [0, 0.05) is 24.5 Å². The number of piperazine rings is 1. The van der Waals surface area contributed by atoms with Gasteiger partial charge in [-0.25, -0.2) is 0 Å². The Balaban J connectivity index is 2.19. The summed E-state index contributed by atoms with van der Waals surface area (Å²) in [6.07, 6.45) is 0.622. The molecule has 19 heavy (non-hydrogen) atoms. The van der Waals surface area contributed by atoms with Crippen LogP contribution in [0.5, 0.6) is 0 Å². The first-order valence-electron chi connectivity index (χ1n) is 6.41. The van der Waals surface area contributed by atoms with Crippen molar-refractivity contribution in [2.24, 2.45) is 0 Å². The third-order valence-electron chi connectivity index (χ3n) is 3.33. The van der Waals surface area contributed by atoms with Crippen LogP contribution in [0.15, 0.2) is 24.3 Å². The second-order valence-electron chi connectivity index (χ2n) is 4.54. The van der Waals surface area contributed by atoms with Crippen molar-refractivity contribution >= 4 is 23.4 Å². The minimum atomic E-state index is -0.367. The fraction of sp³-hybridized carbons (Fsp3) is 0.429. The van der Waals surface area contributed by atoms with Crippen molar-refractivity contribution in [2.75, 3.05) is 13.1 Å². The van der Waals surface area contributed by atoms with Crippen LogP contribution in [0.1, 0.15) is 29.3 Å². The molecule has 1 unspecified atom stereocenters. The fourth-order valence-electron chi connectivity index (χ4n) is 2.27. The number of nitrogens with one attached hydrogen (secondary N) is 1. The van der Waals surface area contributed by atoms with E-state index in [4.69, 9.17) is 11.6 Å². The number of carbonyl (C=O) groups excluding carboxylic acids is 2. The predicted octanol–water partition coefficient (Wildman–Crippen LogP) is 1.78. The van der Waals surface area contributed by atoms with Gasteiger partial charge >= 0.3 is 0 Å². The number of rotatable bonds is 3. The maximum absolute atomic E-state index is 12.4. The van der Waals surface area contributed by atoms with Crippen LogP contribution >= 0.6 is 11.6 Å². The van der Waals surface area contributed by atoms with E-state index in [-0.39, 0.29) is 17.9 Å². The summed E-state index contributed by atoms with van der Waals surface area (Å²) in [7, 11) is 0. The van der Waals surface area contributed by atoms with Gasteiger partial charge in [-0.3, -0.25) is 9.59 Å². The molecule has 0 aromatic heterocycles. The average molecular weight is 281 g/mol. The first-order valence-corrected chi connectivity index (χ1v) is 6.94. The maximum Gasteiger partial charge on any atom is 0.254 e. The van der Waals surface area contributed by atoms with Gasteiger partial charge in [0.15, 0.2) is 0 Å². The Morgan fingerprint density at radius 3 is 2.68 bits per heavy atom. The summed E-state index contributed by atoms with van der Waals surface area (Å²) < 4.78 is 0. The smallest absolute Gasteiger partial charge is 0.254 e. The molecule has 1 aromatic rings. The second kappa shape index (κ2) is 6.06. The quantitative estimate of drug-likeness (QED) is 0.858. The Bertz CT molecular complexity index is 473. The Morgan fingerprint density at radius 2 is 2.11 bits per heavy atom. The van der Waals surface area contributed by atoms with Gasteiger partial charge in [0.1, 0.15) is 6.04 Å². The van der Waals surface area contributed by atoms with Crippen LogP contribution in [0, 0.1) is 0 Å². The molecule has 0 spiro atoms. The van der Waals surface area contributed by atoms with Crippen LogP contribution in [0.2, 0.25) is 0 Å². The molecule has 0 radical (unpaired) electrons. The van der Waals surface area contributed by atoms with E-state index in [1.54, 1.807) is 17.0 Å². The molecule has 1 atom stereocenters. The number of hydrogen-bond acceptors (Lipinski definition) is 2. The third-order valence-corrected chi connectivity index (χ3v) is 3.64. The van der Waals surface area contributed by atoms with Crippen LogP contribution in [0.25, 0.3) is 0 Å². The molecule has 1 aromatic carbocycles. The lowest BCUT2D eigenvalue weighted by Crippen LogP contribution is -2.56. The average Bonchev–Trinajstić information content (AvgIpc) is 2.46. The minimum absolute atomic E-state index is 0.0699. The lowest BCUT2D eigenvalue weighted by molar-refractivity contribution is -0.127. The number of nitrogens with zero attached hydrogens (tertiary/aromatic N) is 1. The molecule has 1 heterocycles. The van der Waals surface area contributed by atoms with Crippen molar-refractivity contribution in [3.63, 3.8) is 0 Å². The summed E-state index contributed by atoms with van der Waals surface area (Å²) >= 11 is 5.72. The molecule has 5 heteroatoms. The maximum atomic E-state index is 12.4. The van der Waals surface area contributed by atoms with Gasteiger partial charge in [0.2, 0.25) is 5.91 Å². The summed E-state index contributed by atoms with van der Waals surface area (Å²) in [6.45, 7) is 2.98. The lowest BCUT2D eigenvalue weighted by Gasteiger charge is -2.34. The number of alkyl halides is 1. The molecular formula is C14H17ClN2O2. The zero-order valence-electron chi connectivity index (χ0n) is 10.9. The van der Waals surface area contributed by atoms with E-state index >= 15 is 0 Å². The van der Waals surface area contributed by atoms with E-state index in [0.717, 1.165) is 5.56 Å². The van der Waals surface area contributed by atoms with Crippen LogP contribution in [-0.2, 0) is 10.7 Å². The zero-order chi connectivity index (χ0) is 13.8. The molecule has 0 saturated carbocycles. The second-order valence-corrected chi connectivity index (χ2v) is 4.81. The number of hydrogen-bond donors (Lipinski definition) is 1. The molecule has 1 N–H and O–H groups in total. The first kappa shape index (κ1) is 13.9. The summed E-state index contributed by atoms with van der Waals surface area (Å²) in [5.41, 5.74) is 1.57. The molecule has 0 aliphatic carbocycles. The summed E-state index contributed by atoms with van der Waals surface area (Å²) in [4.78, 5) is 25.8.